The molecule has 0 saturated heterocycles. The number of halogens is 1. The van der Waals surface area contributed by atoms with Crippen molar-refractivity contribution in [1.29, 1.82) is 0 Å². The molecule has 1 aliphatic rings. The van der Waals surface area contributed by atoms with E-state index >= 15 is 0 Å². The Morgan fingerprint density at radius 1 is 1.46 bits per heavy atom. The zero-order valence-electron chi connectivity index (χ0n) is 6.71. The molecule has 0 spiro atoms. The molecule has 0 saturated carbocycles. The van der Waals surface area contributed by atoms with Crippen molar-refractivity contribution in [3.05, 3.63) is 23.5 Å². The molecule has 2 N–H and O–H groups in total. The van der Waals surface area contributed by atoms with Crippen LogP contribution in [0, 0.1) is 5.82 Å². The minimum Gasteiger partial charge on any atom is -0.453 e. The lowest BCUT2D eigenvalue weighted by Crippen LogP contribution is -2.08. The highest BCUT2D eigenvalue weighted by Crippen LogP contribution is 2.35. The zero-order valence-corrected chi connectivity index (χ0v) is 6.71. The molecule has 5 heteroatoms. The molecule has 0 fully saturated rings. The van der Waals surface area contributed by atoms with Crippen LogP contribution in [0.5, 0.6) is 11.5 Å². The van der Waals surface area contributed by atoms with Gasteiger partial charge in [0.2, 0.25) is 12.5 Å². The third-order valence-corrected chi connectivity index (χ3v) is 1.83. The lowest BCUT2D eigenvalue weighted by molar-refractivity contribution is 0.158. The predicted octanol–water partition coefficient (Wildman–Crippen LogP) is 1.03. The molecule has 1 aliphatic heterocycles. The summed E-state index contributed by atoms with van der Waals surface area (Å²) in [5, 5.41) is 8.40. The summed E-state index contributed by atoms with van der Waals surface area (Å²) in [7, 11) is 0. The van der Waals surface area contributed by atoms with Crippen LogP contribution in [-0.4, -0.2) is 12.0 Å². The maximum Gasteiger partial charge on any atom is 0.231 e. The predicted molar refractivity (Wildman–Crippen MR) is 41.1 cm³/mol. The topological polar surface area (TPSA) is 50.7 Å². The fraction of sp³-hybridized carbons (Fsp3) is 0.250. The number of ether oxygens (including phenoxy) is 2. The summed E-state index contributed by atoms with van der Waals surface area (Å²) in [6.45, 7) is 0.0880. The lowest BCUT2D eigenvalue weighted by atomic mass is 10.2. The van der Waals surface area contributed by atoms with E-state index in [9.17, 15) is 4.39 Å². The second kappa shape index (κ2) is 3.20. The third-order valence-electron chi connectivity index (χ3n) is 1.83. The molecule has 70 valence electrons. The van der Waals surface area contributed by atoms with Crippen molar-refractivity contribution in [3.8, 4) is 11.5 Å². The van der Waals surface area contributed by atoms with Gasteiger partial charge in [-0.25, -0.2) is 9.87 Å². The Morgan fingerprint density at radius 3 is 3.08 bits per heavy atom. The van der Waals surface area contributed by atoms with Gasteiger partial charge in [0, 0.05) is 12.1 Å². The first-order chi connectivity index (χ1) is 6.33. The molecule has 4 nitrogen and oxygen atoms in total. The lowest BCUT2D eigenvalue weighted by Gasteiger charge is -2.03. The first-order valence-corrected chi connectivity index (χ1v) is 3.77. The molecule has 2 rings (SSSR count). The van der Waals surface area contributed by atoms with Crippen LogP contribution in [0.1, 0.15) is 5.56 Å². The van der Waals surface area contributed by atoms with Crippen LogP contribution in [-0.2, 0) is 6.54 Å². The van der Waals surface area contributed by atoms with Gasteiger partial charge in [-0.2, -0.15) is 0 Å². The molecule has 1 aromatic carbocycles. The van der Waals surface area contributed by atoms with Crippen molar-refractivity contribution in [3.63, 3.8) is 0 Å². The maximum absolute atomic E-state index is 13.4. The number of fused-ring (bicyclic) bond motifs is 1. The highest BCUT2D eigenvalue weighted by Gasteiger charge is 2.20. The Hall–Kier alpha value is -1.33. The van der Waals surface area contributed by atoms with Gasteiger partial charge < -0.3 is 14.7 Å². The summed E-state index contributed by atoms with van der Waals surface area (Å²) >= 11 is 0. The molecule has 0 unspecified atom stereocenters. The van der Waals surface area contributed by atoms with Crippen LogP contribution in [0.25, 0.3) is 0 Å². The second-order valence-electron chi connectivity index (χ2n) is 2.61. The van der Waals surface area contributed by atoms with Gasteiger partial charge in [0.15, 0.2) is 11.6 Å². The molecule has 0 atom stereocenters. The number of benzene rings is 1. The molecule has 1 aromatic rings. The number of hydroxylamine groups is 1. The fourth-order valence-corrected chi connectivity index (χ4v) is 1.20. The van der Waals surface area contributed by atoms with E-state index in [1.165, 1.54) is 6.07 Å². The average Bonchev–Trinajstić information content (AvgIpc) is 2.58. The standard InChI is InChI=1S/C8H8FNO3/c9-7-5(3-10-11)1-2-6-8(7)13-4-12-6/h1-2,10-11H,3-4H2. The van der Waals surface area contributed by atoms with E-state index in [1.807, 2.05) is 5.48 Å². The highest BCUT2D eigenvalue weighted by molar-refractivity contribution is 5.45. The van der Waals surface area contributed by atoms with Crippen molar-refractivity contribution < 1.29 is 19.1 Å². The van der Waals surface area contributed by atoms with E-state index in [-0.39, 0.29) is 19.1 Å². The van der Waals surface area contributed by atoms with Crippen molar-refractivity contribution in [2.24, 2.45) is 0 Å². The maximum atomic E-state index is 13.4. The van der Waals surface area contributed by atoms with E-state index in [0.717, 1.165) is 0 Å². The van der Waals surface area contributed by atoms with Crippen molar-refractivity contribution in [2.45, 2.75) is 6.54 Å². The molecule has 0 amide bonds. The Balaban J connectivity index is 2.40. The van der Waals surface area contributed by atoms with Gasteiger partial charge in [-0.3, -0.25) is 0 Å². The van der Waals surface area contributed by atoms with Gasteiger partial charge in [-0.1, -0.05) is 6.07 Å². The monoisotopic (exact) mass is 185 g/mol. The Bertz CT molecular complexity index is 329. The quantitative estimate of drug-likeness (QED) is 0.676. The molecule has 0 aliphatic carbocycles. The van der Waals surface area contributed by atoms with Gasteiger partial charge >= 0.3 is 0 Å². The van der Waals surface area contributed by atoms with E-state index in [1.54, 1.807) is 6.07 Å². The van der Waals surface area contributed by atoms with E-state index in [2.05, 4.69) is 0 Å². The van der Waals surface area contributed by atoms with Crippen LogP contribution >= 0.6 is 0 Å². The summed E-state index contributed by atoms with van der Waals surface area (Å²) in [5.74, 6) is 0.0310. The molecule has 1 heterocycles. The van der Waals surface area contributed by atoms with Crippen LogP contribution in [0.2, 0.25) is 0 Å². The average molecular weight is 185 g/mol. The molecular formula is C8H8FNO3. The van der Waals surface area contributed by atoms with Gasteiger partial charge in [0.05, 0.1) is 0 Å². The Morgan fingerprint density at radius 2 is 2.31 bits per heavy atom. The first kappa shape index (κ1) is 8.28. The minimum atomic E-state index is -0.489. The minimum absolute atomic E-state index is 0.0439. The van der Waals surface area contributed by atoms with E-state index < -0.39 is 5.82 Å². The highest BCUT2D eigenvalue weighted by atomic mass is 19.1. The number of nitrogens with one attached hydrogen (secondary N) is 1. The Kier molecular flexibility index (Phi) is 2.03. The van der Waals surface area contributed by atoms with Crippen LogP contribution in [0.3, 0.4) is 0 Å². The Labute approximate surface area is 73.8 Å². The van der Waals surface area contributed by atoms with Gasteiger partial charge in [-0.05, 0) is 6.07 Å². The molecule has 0 radical (unpaired) electrons. The zero-order chi connectivity index (χ0) is 9.26. The fourth-order valence-electron chi connectivity index (χ4n) is 1.20. The first-order valence-electron chi connectivity index (χ1n) is 3.77. The summed E-state index contributed by atoms with van der Waals surface area (Å²) in [4.78, 5) is 0. The van der Waals surface area contributed by atoms with Gasteiger partial charge in [0.1, 0.15) is 0 Å². The van der Waals surface area contributed by atoms with E-state index in [0.29, 0.717) is 11.3 Å². The molecule has 13 heavy (non-hydrogen) atoms. The molecule has 0 aromatic heterocycles. The molecular weight excluding hydrogens is 177 g/mol. The summed E-state index contributed by atoms with van der Waals surface area (Å²) in [6.07, 6.45) is 0. The van der Waals surface area contributed by atoms with Crippen molar-refractivity contribution in [2.75, 3.05) is 6.79 Å². The van der Waals surface area contributed by atoms with Crippen LogP contribution in [0.15, 0.2) is 12.1 Å². The smallest absolute Gasteiger partial charge is 0.231 e. The number of hydrogen-bond acceptors (Lipinski definition) is 4. The van der Waals surface area contributed by atoms with Crippen molar-refractivity contribution in [1.82, 2.24) is 5.48 Å². The normalized spacial score (nSPS) is 13.4. The van der Waals surface area contributed by atoms with Crippen molar-refractivity contribution >= 4 is 0 Å². The number of hydrogen-bond donors (Lipinski definition) is 2. The SMILES string of the molecule is ONCc1ccc2c(c1F)OCO2. The van der Waals surface area contributed by atoms with Gasteiger partial charge in [-0.15, -0.1) is 0 Å². The third kappa shape index (κ3) is 1.32. The van der Waals surface area contributed by atoms with Crippen LogP contribution < -0.4 is 15.0 Å². The summed E-state index contributed by atoms with van der Waals surface area (Å²) in [6, 6.07) is 3.14. The largest absolute Gasteiger partial charge is 0.453 e. The van der Waals surface area contributed by atoms with Crippen LogP contribution in [0.4, 0.5) is 4.39 Å². The summed E-state index contributed by atoms with van der Waals surface area (Å²) < 4.78 is 23.3. The number of rotatable bonds is 2. The second-order valence-corrected chi connectivity index (χ2v) is 2.61. The van der Waals surface area contributed by atoms with E-state index in [4.69, 9.17) is 14.7 Å². The van der Waals surface area contributed by atoms with Gasteiger partial charge in [0.25, 0.3) is 0 Å². The summed E-state index contributed by atoms with van der Waals surface area (Å²) in [5.41, 5.74) is 2.22. The molecule has 0 bridgehead atoms.